The third kappa shape index (κ3) is 5.73. The van der Waals surface area contributed by atoms with Gasteiger partial charge in [0.2, 0.25) is 5.91 Å². The molecule has 2 N–H and O–H groups in total. The van der Waals surface area contributed by atoms with Gasteiger partial charge in [-0.25, -0.2) is 0 Å². The molecule has 21 heavy (non-hydrogen) atoms. The molecule has 0 saturated carbocycles. The zero-order valence-corrected chi connectivity index (χ0v) is 11.8. The maximum atomic E-state index is 12.8. The number of carbonyl (C=O) groups excluding carboxylic acids is 1. The number of nitrogens with one attached hydrogen (secondary N) is 1. The van der Waals surface area contributed by atoms with E-state index in [0.29, 0.717) is 19.6 Å². The Morgan fingerprint density at radius 2 is 1.95 bits per heavy atom. The summed E-state index contributed by atoms with van der Waals surface area (Å²) in [7, 11) is 0. The maximum absolute atomic E-state index is 12.8. The molecule has 0 aromatic heterocycles. The van der Waals surface area contributed by atoms with E-state index in [0.717, 1.165) is 6.07 Å². The molecule has 0 heterocycles. The minimum absolute atomic E-state index is 0.0215. The summed E-state index contributed by atoms with van der Waals surface area (Å²) in [6.45, 7) is 3.34. The lowest BCUT2D eigenvalue weighted by atomic mass is 10.1. The minimum Gasteiger partial charge on any atom is -0.395 e. The van der Waals surface area contributed by atoms with Crippen LogP contribution >= 0.6 is 0 Å². The van der Waals surface area contributed by atoms with Crippen LogP contribution in [-0.4, -0.2) is 42.2 Å². The van der Waals surface area contributed by atoms with Gasteiger partial charge >= 0.3 is 6.18 Å². The average Bonchev–Trinajstić information content (AvgIpc) is 2.43. The van der Waals surface area contributed by atoms with E-state index in [9.17, 15) is 18.0 Å². The van der Waals surface area contributed by atoms with Crippen molar-refractivity contribution in [1.29, 1.82) is 0 Å². The van der Waals surface area contributed by atoms with Gasteiger partial charge in [-0.2, -0.15) is 13.2 Å². The number of rotatable bonds is 7. The van der Waals surface area contributed by atoms with Crippen LogP contribution in [-0.2, 0) is 11.0 Å². The summed E-state index contributed by atoms with van der Waals surface area (Å²) in [5.41, 5.74) is -1.10. The van der Waals surface area contributed by atoms with Gasteiger partial charge in [0.1, 0.15) is 0 Å². The van der Waals surface area contributed by atoms with E-state index >= 15 is 0 Å². The molecule has 0 spiro atoms. The zero-order chi connectivity index (χ0) is 15.9. The van der Waals surface area contributed by atoms with Crippen molar-refractivity contribution < 1.29 is 23.1 Å². The molecule has 1 amide bonds. The zero-order valence-electron chi connectivity index (χ0n) is 11.8. The van der Waals surface area contributed by atoms with Crippen molar-refractivity contribution in [2.24, 2.45) is 0 Å². The fourth-order valence-corrected chi connectivity index (χ4v) is 1.88. The highest BCUT2D eigenvalue weighted by Gasteiger charge is 2.33. The molecule has 0 aliphatic rings. The molecule has 1 aromatic carbocycles. The van der Waals surface area contributed by atoms with Crippen LogP contribution in [0.1, 0.15) is 18.9 Å². The quantitative estimate of drug-likeness (QED) is 0.813. The molecular formula is C14H19F3N2O2. The van der Waals surface area contributed by atoms with Crippen molar-refractivity contribution in [3.05, 3.63) is 29.8 Å². The Morgan fingerprint density at radius 1 is 1.29 bits per heavy atom. The van der Waals surface area contributed by atoms with Gasteiger partial charge < -0.3 is 15.3 Å². The van der Waals surface area contributed by atoms with Crippen molar-refractivity contribution in [3.8, 4) is 0 Å². The van der Waals surface area contributed by atoms with Crippen LogP contribution in [0.25, 0.3) is 0 Å². The molecule has 118 valence electrons. The minimum atomic E-state index is -4.50. The maximum Gasteiger partial charge on any atom is 0.418 e. The van der Waals surface area contributed by atoms with Crippen molar-refractivity contribution in [2.75, 3.05) is 31.6 Å². The van der Waals surface area contributed by atoms with Gasteiger partial charge in [-0.05, 0) is 18.7 Å². The van der Waals surface area contributed by atoms with Gasteiger partial charge in [-0.3, -0.25) is 4.79 Å². The Bertz CT molecular complexity index is 464. The number of carbonyl (C=O) groups is 1. The monoisotopic (exact) mass is 304 g/mol. The summed E-state index contributed by atoms with van der Waals surface area (Å²) in [5.74, 6) is -0.483. The molecule has 1 aromatic rings. The number of aliphatic hydroxyl groups excluding tert-OH is 1. The number of likely N-dealkylation sites (N-methyl/N-ethyl adjacent to an activating group) is 1. The molecule has 7 heteroatoms. The molecule has 0 saturated heterocycles. The Kier molecular flexibility index (Phi) is 6.64. The van der Waals surface area contributed by atoms with E-state index in [1.165, 1.54) is 18.2 Å². The molecular weight excluding hydrogens is 285 g/mol. The van der Waals surface area contributed by atoms with Crippen molar-refractivity contribution in [2.45, 2.75) is 19.5 Å². The smallest absolute Gasteiger partial charge is 0.395 e. The van der Waals surface area contributed by atoms with E-state index in [1.54, 1.807) is 0 Å². The first kappa shape index (κ1) is 17.5. The first-order valence-electron chi connectivity index (χ1n) is 6.67. The number of hydrogen-bond donors (Lipinski definition) is 2. The highest BCUT2D eigenvalue weighted by Crippen LogP contribution is 2.34. The summed E-state index contributed by atoms with van der Waals surface area (Å²) in [6, 6.07) is 4.87. The van der Waals surface area contributed by atoms with E-state index in [-0.39, 0.29) is 18.7 Å². The molecule has 1 rings (SSSR count). The largest absolute Gasteiger partial charge is 0.418 e. The van der Waals surface area contributed by atoms with Crippen LogP contribution in [0.2, 0.25) is 0 Å². The van der Waals surface area contributed by atoms with Crippen molar-refractivity contribution in [3.63, 3.8) is 0 Å². The molecule has 0 unspecified atom stereocenters. The van der Waals surface area contributed by atoms with Gasteiger partial charge in [0.15, 0.2) is 0 Å². The number of halogens is 3. The number of hydrogen-bond acceptors (Lipinski definition) is 3. The Hall–Kier alpha value is -1.60. The highest BCUT2D eigenvalue weighted by molar-refractivity contribution is 5.91. The molecule has 0 aliphatic carbocycles. The third-order valence-electron chi connectivity index (χ3n) is 3.03. The number of alkyl halides is 3. The summed E-state index contributed by atoms with van der Waals surface area (Å²) in [4.78, 5) is 13.6. The van der Waals surface area contributed by atoms with Gasteiger partial charge in [0, 0.05) is 19.5 Å². The SMILES string of the molecule is CCN(CCO)CCC(=O)Nc1ccccc1C(F)(F)F. The molecule has 0 bridgehead atoms. The normalized spacial score (nSPS) is 11.7. The van der Waals surface area contributed by atoms with E-state index < -0.39 is 17.6 Å². The fourth-order valence-electron chi connectivity index (χ4n) is 1.88. The second-order valence-corrected chi connectivity index (χ2v) is 4.50. The lowest BCUT2D eigenvalue weighted by Crippen LogP contribution is -2.30. The molecule has 4 nitrogen and oxygen atoms in total. The molecule has 0 fully saturated rings. The molecule has 0 aliphatic heterocycles. The van der Waals surface area contributed by atoms with E-state index in [4.69, 9.17) is 5.11 Å². The van der Waals surface area contributed by atoms with E-state index in [1.807, 2.05) is 11.8 Å². The second kappa shape index (κ2) is 7.99. The van der Waals surface area contributed by atoms with Gasteiger partial charge in [0.25, 0.3) is 0 Å². The lowest BCUT2D eigenvalue weighted by Gasteiger charge is -2.19. The Labute approximate surface area is 121 Å². The third-order valence-corrected chi connectivity index (χ3v) is 3.03. The van der Waals surface area contributed by atoms with Crippen LogP contribution in [0.15, 0.2) is 24.3 Å². The second-order valence-electron chi connectivity index (χ2n) is 4.50. The van der Waals surface area contributed by atoms with Gasteiger partial charge in [-0.15, -0.1) is 0 Å². The number of anilines is 1. The van der Waals surface area contributed by atoms with Gasteiger partial charge in [0.05, 0.1) is 17.9 Å². The topological polar surface area (TPSA) is 52.6 Å². The molecule has 0 atom stereocenters. The number of para-hydroxylation sites is 1. The predicted molar refractivity (Wildman–Crippen MR) is 73.9 cm³/mol. The summed E-state index contributed by atoms with van der Waals surface area (Å²) >= 11 is 0. The van der Waals surface area contributed by atoms with Crippen LogP contribution in [0.3, 0.4) is 0 Å². The summed E-state index contributed by atoms with van der Waals surface area (Å²) in [6.07, 6.45) is -4.43. The first-order chi connectivity index (χ1) is 9.88. The average molecular weight is 304 g/mol. The van der Waals surface area contributed by atoms with Crippen molar-refractivity contribution >= 4 is 11.6 Å². The predicted octanol–water partition coefficient (Wildman–Crippen LogP) is 2.35. The molecule has 0 radical (unpaired) electrons. The number of amides is 1. The van der Waals surface area contributed by atoms with Crippen LogP contribution < -0.4 is 5.32 Å². The Morgan fingerprint density at radius 3 is 2.52 bits per heavy atom. The Balaban J connectivity index is 2.63. The van der Waals surface area contributed by atoms with Crippen LogP contribution in [0, 0.1) is 0 Å². The van der Waals surface area contributed by atoms with E-state index in [2.05, 4.69) is 5.32 Å². The summed E-state index contributed by atoms with van der Waals surface area (Å²) in [5, 5.41) is 11.1. The highest BCUT2D eigenvalue weighted by atomic mass is 19.4. The number of nitrogens with zero attached hydrogens (tertiary/aromatic N) is 1. The fraction of sp³-hybridized carbons (Fsp3) is 0.500. The van der Waals surface area contributed by atoms with Gasteiger partial charge in [-0.1, -0.05) is 19.1 Å². The number of aliphatic hydroxyl groups is 1. The van der Waals surface area contributed by atoms with Crippen molar-refractivity contribution in [1.82, 2.24) is 4.90 Å². The first-order valence-corrected chi connectivity index (χ1v) is 6.67. The lowest BCUT2D eigenvalue weighted by molar-refractivity contribution is -0.137. The summed E-state index contributed by atoms with van der Waals surface area (Å²) < 4.78 is 38.3. The van der Waals surface area contributed by atoms with Crippen LogP contribution in [0.4, 0.5) is 18.9 Å². The number of benzene rings is 1. The van der Waals surface area contributed by atoms with Crippen LogP contribution in [0.5, 0.6) is 0 Å². The standard InChI is InChI=1S/C14H19F3N2O2/c1-2-19(9-10-20)8-7-13(21)18-12-6-4-3-5-11(12)14(15,16)17/h3-6,20H,2,7-10H2,1H3,(H,18,21).